The number of halogens is 1. The zero-order valence-corrected chi connectivity index (χ0v) is 19.0. The van der Waals surface area contributed by atoms with Crippen LogP contribution in [0.5, 0.6) is 17.2 Å². The van der Waals surface area contributed by atoms with Crippen LogP contribution in [-0.4, -0.2) is 30.8 Å². The molecule has 3 aromatic rings. The molecular formula is C24H26ClNO6. The van der Waals surface area contributed by atoms with Gasteiger partial charge in [-0.3, -0.25) is 4.79 Å². The van der Waals surface area contributed by atoms with Gasteiger partial charge in [0.2, 0.25) is 5.75 Å². The van der Waals surface area contributed by atoms with E-state index in [4.69, 9.17) is 30.2 Å². The molecule has 32 heavy (non-hydrogen) atoms. The number of nitrogens with one attached hydrogen (secondary N) is 1. The molecule has 0 atom stereocenters. The molecule has 0 spiro atoms. The van der Waals surface area contributed by atoms with Crippen molar-refractivity contribution in [2.24, 2.45) is 0 Å². The number of furan rings is 1. The Morgan fingerprint density at radius 3 is 2.19 bits per heavy atom. The fraction of sp³-hybridized carbons (Fsp3) is 0.292. The lowest BCUT2D eigenvalue weighted by molar-refractivity contribution is 0.102. The largest absolute Gasteiger partial charge is 0.490 e. The minimum atomic E-state index is -0.348. The maximum Gasteiger partial charge on any atom is 0.255 e. The van der Waals surface area contributed by atoms with Crippen molar-refractivity contribution in [1.82, 2.24) is 0 Å². The second-order valence-corrected chi connectivity index (χ2v) is 7.08. The van der Waals surface area contributed by atoms with E-state index >= 15 is 0 Å². The van der Waals surface area contributed by atoms with E-state index in [1.807, 2.05) is 20.8 Å². The van der Waals surface area contributed by atoms with Gasteiger partial charge in [0.05, 0.1) is 24.8 Å². The summed E-state index contributed by atoms with van der Waals surface area (Å²) in [5.41, 5.74) is 1.49. The van der Waals surface area contributed by atoms with Gasteiger partial charge in [-0.15, -0.1) is 0 Å². The van der Waals surface area contributed by atoms with Crippen LogP contribution >= 0.6 is 11.6 Å². The highest BCUT2D eigenvalue weighted by atomic mass is 35.5. The summed E-state index contributed by atoms with van der Waals surface area (Å²) in [6.45, 7) is 6.63. The van der Waals surface area contributed by atoms with Crippen molar-refractivity contribution in [3.63, 3.8) is 0 Å². The van der Waals surface area contributed by atoms with Crippen LogP contribution in [0.1, 0.15) is 36.9 Å². The molecule has 0 saturated carbocycles. The Hall–Kier alpha value is -3.16. The van der Waals surface area contributed by atoms with Gasteiger partial charge < -0.3 is 29.1 Å². The summed E-state index contributed by atoms with van der Waals surface area (Å²) < 4.78 is 22.6. The van der Waals surface area contributed by atoms with E-state index in [0.29, 0.717) is 70.4 Å². The molecule has 0 radical (unpaired) electrons. The van der Waals surface area contributed by atoms with Crippen molar-refractivity contribution < 1.29 is 28.5 Å². The fourth-order valence-electron chi connectivity index (χ4n) is 3.12. The third-order valence-corrected chi connectivity index (χ3v) is 4.81. The van der Waals surface area contributed by atoms with Crippen LogP contribution in [0.2, 0.25) is 5.02 Å². The Balaban J connectivity index is 1.91. The number of anilines is 1. The van der Waals surface area contributed by atoms with E-state index in [0.717, 1.165) is 0 Å². The Bertz CT molecular complexity index is 1050. The number of carbonyl (C=O) groups excluding carboxylic acids is 1. The predicted octanol–water partition coefficient (Wildman–Crippen LogP) is 5.54. The molecule has 0 bridgehead atoms. The van der Waals surface area contributed by atoms with Crippen LogP contribution in [-0.2, 0) is 6.61 Å². The number of amides is 1. The topological polar surface area (TPSA) is 90.2 Å². The van der Waals surface area contributed by atoms with Gasteiger partial charge in [-0.1, -0.05) is 11.6 Å². The van der Waals surface area contributed by atoms with Gasteiger partial charge in [0.25, 0.3) is 5.91 Å². The minimum Gasteiger partial charge on any atom is -0.490 e. The van der Waals surface area contributed by atoms with Crippen LogP contribution in [0, 0.1) is 0 Å². The maximum absolute atomic E-state index is 13.0. The Morgan fingerprint density at radius 1 is 0.969 bits per heavy atom. The van der Waals surface area contributed by atoms with E-state index < -0.39 is 0 Å². The number of hydrogen-bond donors (Lipinski definition) is 2. The third kappa shape index (κ3) is 5.36. The van der Waals surface area contributed by atoms with E-state index in [1.165, 1.54) is 0 Å². The molecule has 0 aliphatic rings. The molecule has 1 amide bonds. The zero-order chi connectivity index (χ0) is 23.1. The highest BCUT2D eigenvalue weighted by molar-refractivity contribution is 6.33. The van der Waals surface area contributed by atoms with E-state index in [1.54, 1.807) is 42.5 Å². The lowest BCUT2D eigenvalue weighted by Gasteiger charge is -2.17. The summed E-state index contributed by atoms with van der Waals surface area (Å²) in [4.78, 5) is 13.0. The molecule has 7 nitrogen and oxygen atoms in total. The number of rotatable bonds is 10. The van der Waals surface area contributed by atoms with Gasteiger partial charge in [-0.2, -0.15) is 0 Å². The normalized spacial score (nSPS) is 10.7. The molecular weight excluding hydrogens is 434 g/mol. The van der Waals surface area contributed by atoms with Crippen molar-refractivity contribution in [2.45, 2.75) is 27.4 Å². The summed E-state index contributed by atoms with van der Waals surface area (Å²) in [5, 5.41) is 12.6. The summed E-state index contributed by atoms with van der Waals surface area (Å²) in [7, 11) is 0. The first-order valence-electron chi connectivity index (χ1n) is 10.4. The fourth-order valence-corrected chi connectivity index (χ4v) is 3.33. The summed E-state index contributed by atoms with van der Waals surface area (Å²) in [5.74, 6) is 1.92. The molecule has 8 heteroatoms. The first-order chi connectivity index (χ1) is 15.5. The lowest BCUT2D eigenvalue weighted by atomic mass is 10.1. The van der Waals surface area contributed by atoms with Crippen LogP contribution in [0.4, 0.5) is 5.69 Å². The number of ether oxygens (including phenoxy) is 3. The monoisotopic (exact) mass is 459 g/mol. The molecule has 1 heterocycles. The minimum absolute atomic E-state index is 0.212. The van der Waals surface area contributed by atoms with Gasteiger partial charge in [0, 0.05) is 16.8 Å². The smallest absolute Gasteiger partial charge is 0.255 e. The van der Waals surface area contributed by atoms with Crippen molar-refractivity contribution in [1.29, 1.82) is 0 Å². The molecule has 0 saturated heterocycles. The van der Waals surface area contributed by atoms with E-state index in [9.17, 15) is 9.90 Å². The molecule has 0 aliphatic carbocycles. The average molecular weight is 460 g/mol. The number of aliphatic hydroxyl groups excluding tert-OH is 1. The van der Waals surface area contributed by atoms with E-state index in [-0.39, 0.29) is 12.5 Å². The van der Waals surface area contributed by atoms with Gasteiger partial charge >= 0.3 is 0 Å². The number of hydrogen-bond acceptors (Lipinski definition) is 6. The van der Waals surface area contributed by atoms with Crippen molar-refractivity contribution in [2.75, 3.05) is 25.1 Å². The Morgan fingerprint density at radius 2 is 1.62 bits per heavy atom. The number of benzene rings is 2. The van der Waals surface area contributed by atoms with Gasteiger partial charge in [0.1, 0.15) is 18.1 Å². The molecule has 1 aromatic heterocycles. The molecule has 0 fully saturated rings. The van der Waals surface area contributed by atoms with Gasteiger partial charge in [-0.05, 0) is 63.2 Å². The summed E-state index contributed by atoms with van der Waals surface area (Å²) >= 11 is 6.31. The van der Waals surface area contributed by atoms with Crippen molar-refractivity contribution in [3.8, 4) is 28.6 Å². The highest BCUT2D eigenvalue weighted by Crippen LogP contribution is 2.39. The first kappa shape index (κ1) is 23.5. The van der Waals surface area contributed by atoms with Crippen molar-refractivity contribution >= 4 is 23.2 Å². The number of aliphatic hydroxyl groups is 1. The average Bonchev–Trinajstić information content (AvgIpc) is 3.26. The van der Waals surface area contributed by atoms with Gasteiger partial charge in [0.15, 0.2) is 11.5 Å². The standard InChI is InChI=1S/C24H26ClNO6/c1-4-29-21-11-15(12-22(30-5-2)23(21)31-6-3)24(28)26-16-7-9-19(25)18(13-16)20-10-8-17(14-27)32-20/h7-13,27H,4-6,14H2,1-3H3,(H,26,28). The van der Waals surface area contributed by atoms with Crippen molar-refractivity contribution in [3.05, 3.63) is 58.8 Å². The molecule has 0 unspecified atom stereocenters. The second-order valence-electron chi connectivity index (χ2n) is 6.67. The van der Waals surface area contributed by atoms with Gasteiger partial charge in [-0.25, -0.2) is 0 Å². The molecule has 0 aliphatic heterocycles. The molecule has 3 rings (SSSR count). The molecule has 2 N–H and O–H groups in total. The highest BCUT2D eigenvalue weighted by Gasteiger charge is 2.19. The maximum atomic E-state index is 13.0. The second kappa shape index (κ2) is 10.9. The zero-order valence-electron chi connectivity index (χ0n) is 18.2. The third-order valence-electron chi connectivity index (χ3n) is 4.48. The van der Waals surface area contributed by atoms with Crippen LogP contribution < -0.4 is 19.5 Å². The summed E-state index contributed by atoms with van der Waals surface area (Å²) in [6.07, 6.45) is 0. The van der Waals surface area contributed by atoms with Crippen LogP contribution in [0.3, 0.4) is 0 Å². The first-order valence-corrected chi connectivity index (χ1v) is 10.8. The summed E-state index contributed by atoms with van der Waals surface area (Å²) in [6, 6.07) is 11.7. The lowest BCUT2D eigenvalue weighted by Crippen LogP contribution is -2.13. The quantitative estimate of drug-likeness (QED) is 0.413. The number of carbonyl (C=O) groups is 1. The van der Waals surface area contributed by atoms with Crippen LogP contribution in [0.15, 0.2) is 46.9 Å². The molecule has 2 aromatic carbocycles. The SMILES string of the molecule is CCOc1cc(C(=O)Nc2ccc(Cl)c(-c3ccc(CO)o3)c2)cc(OCC)c1OCC. The van der Waals surface area contributed by atoms with E-state index in [2.05, 4.69) is 5.32 Å². The molecule has 170 valence electrons. The Labute approximate surface area is 191 Å². The predicted molar refractivity (Wildman–Crippen MR) is 123 cm³/mol. The Kier molecular flexibility index (Phi) is 8.03. The van der Waals surface area contributed by atoms with Crippen LogP contribution in [0.25, 0.3) is 11.3 Å².